The summed E-state index contributed by atoms with van der Waals surface area (Å²) in [6.45, 7) is 4.26. The third-order valence-corrected chi connectivity index (χ3v) is 10.0. The molecule has 56 heavy (non-hydrogen) atoms. The first-order valence-electron chi connectivity index (χ1n) is 22.0. The number of esters is 2. The van der Waals surface area contributed by atoms with E-state index in [0.717, 1.165) is 70.6 Å². The molecule has 0 rings (SSSR count). The first-order valence-corrected chi connectivity index (χ1v) is 23.5. The fourth-order valence-electron chi connectivity index (χ4n) is 5.63. The number of phosphoric acid groups is 1. The molecule has 2 atom stereocenters. The van der Waals surface area contributed by atoms with Crippen LogP contribution in [0, 0.1) is 0 Å². The van der Waals surface area contributed by atoms with E-state index in [9.17, 15) is 19.0 Å². The molecule has 0 fully saturated rings. The van der Waals surface area contributed by atoms with Crippen LogP contribution in [0.25, 0.3) is 0 Å². The van der Waals surface area contributed by atoms with Gasteiger partial charge in [-0.25, -0.2) is 4.57 Å². The Bertz CT molecular complexity index is 1140. The first kappa shape index (κ1) is 53.7. The summed E-state index contributed by atoms with van der Waals surface area (Å²) in [6.07, 6.45) is 45.5. The van der Waals surface area contributed by atoms with E-state index in [0.29, 0.717) is 17.4 Å². The van der Waals surface area contributed by atoms with Crippen molar-refractivity contribution in [3.05, 3.63) is 60.8 Å². The first-order chi connectivity index (χ1) is 27.0. The Balaban J connectivity index is 4.43. The zero-order valence-electron chi connectivity index (χ0n) is 36.3. The Morgan fingerprint density at radius 3 is 1.52 bits per heavy atom. The van der Waals surface area contributed by atoms with Gasteiger partial charge in [-0.1, -0.05) is 158 Å². The lowest BCUT2D eigenvalue weighted by Crippen LogP contribution is -2.37. The van der Waals surface area contributed by atoms with Crippen molar-refractivity contribution >= 4 is 19.8 Å². The minimum Gasteiger partial charge on any atom is -0.462 e. The van der Waals surface area contributed by atoms with Gasteiger partial charge >= 0.3 is 19.8 Å². The lowest BCUT2D eigenvalue weighted by Gasteiger charge is -2.24. The molecular weight excluding hydrogens is 725 g/mol. The van der Waals surface area contributed by atoms with E-state index >= 15 is 0 Å². The Morgan fingerprint density at radius 1 is 0.571 bits per heavy atom. The largest absolute Gasteiger partial charge is 0.472 e. The average molecular weight is 809 g/mol. The monoisotopic (exact) mass is 809 g/mol. The second-order valence-corrected chi connectivity index (χ2v) is 17.2. The maximum atomic E-state index is 12.7. The second-order valence-electron chi connectivity index (χ2n) is 15.7. The number of hydrogen-bond acceptors (Lipinski definition) is 7. The van der Waals surface area contributed by atoms with Gasteiger partial charge in [0.25, 0.3) is 0 Å². The molecule has 1 unspecified atom stereocenters. The molecule has 0 bridgehead atoms. The van der Waals surface area contributed by atoms with Crippen molar-refractivity contribution in [1.82, 2.24) is 0 Å². The van der Waals surface area contributed by atoms with Gasteiger partial charge in [0, 0.05) is 12.8 Å². The van der Waals surface area contributed by atoms with Gasteiger partial charge in [0.05, 0.1) is 27.7 Å². The minimum atomic E-state index is -4.38. The molecule has 0 aliphatic carbocycles. The Labute approximate surface area is 343 Å². The van der Waals surface area contributed by atoms with Crippen LogP contribution in [0.4, 0.5) is 0 Å². The number of allylic oxidation sites excluding steroid dienone is 10. The van der Waals surface area contributed by atoms with Crippen LogP contribution < -0.4 is 0 Å². The van der Waals surface area contributed by atoms with Crippen LogP contribution in [-0.2, 0) is 32.7 Å². The van der Waals surface area contributed by atoms with Crippen LogP contribution in [0.15, 0.2) is 60.8 Å². The fourth-order valence-corrected chi connectivity index (χ4v) is 6.37. The lowest BCUT2D eigenvalue weighted by molar-refractivity contribution is -0.870. The van der Waals surface area contributed by atoms with Gasteiger partial charge in [0.15, 0.2) is 6.10 Å². The molecule has 0 heterocycles. The van der Waals surface area contributed by atoms with Crippen molar-refractivity contribution in [2.45, 2.75) is 174 Å². The summed E-state index contributed by atoms with van der Waals surface area (Å²) in [5.74, 6) is -0.838. The smallest absolute Gasteiger partial charge is 0.462 e. The van der Waals surface area contributed by atoms with Gasteiger partial charge in [-0.2, -0.15) is 0 Å². The minimum absolute atomic E-state index is 0.0233. The SMILES string of the molecule is CC/C=C/C/C=C/C/C=C/C/C=C/C/C=C/CCCCCC(=O)O[C@H](COC(=O)CCCCCCCCCCCCCCC)COP(=O)(O)OCC[N+](C)(C)C. The number of unbranched alkanes of at least 4 members (excludes halogenated alkanes) is 15. The van der Waals surface area contributed by atoms with Gasteiger partial charge in [0.2, 0.25) is 0 Å². The van der Waals surface area contributed by atoms with E-state index in [-0.39, 0.29) is 32.0 Å². The molecule has 0 spiro atoms. The van der Waals surface area contributed by atoms with E-state index in [4.69, 9.17) is 18.5 Å². The summed E-state index contributed by atoms with van der Waals surface area (Å²) in [5.41, 5.74) is 0. The second kappa shape index (κ2) is 38.2. The number of rotatable bonds is 39. The summed E-state index contributed by atoms with van der Waals surface area (Å²) < 4.78 is 34.3. The van der Waals surface area contributed by atoms with E-state index in [1.165, 1.54) is 64.2 Å². The highest BCUT2D eigenvalue weighted by Gasteiger charge is 2.27. The number of phosphoric ester groups is 1. The summed E-state index contributed by atoms with van der Waals surface area (Å²) >= 11 is 0. The summed E-state index contributed by atoms with van der Waals surface area (Å²) in [5, 5.41) is 0. The van der Waals surface area contributed by atoms with Gasteiger partial charge in [-0.3, -0.25) is 18.6 Å². The molecule has 0 amide bonds. The summed E-state index contributed by atoms with van der Waals surface area (Å²) in [6, 6.07) is 0. The number of quaternary nitrogens is 1. The highest BCUT2D eigenvalue weighted by atomic mass is 31.2. The van der Waals surface area contributed by atoms with Crippen LogP contribution in [0.3, 0.4) is 0 Å². The summed E-state index contributed by atoms with van der Waals surface area (Å²) in [7, 11) is 1.45. The van der Waals surface area contributed by atoms with Crippen LogP contribution in [-0.4, -0.2) is 74.9 Å². The molecule has 0 aromatic rings. The molecule has 0 aliphatic rings. The molecule has 324 valence electrons. The van der Waals surface area contributed by atoms with Crippen LogP contribution in [0.5, 0.6) is 0 Å². The average Bonchev–Trinajstić information content (AvgIpc) is 3.15. The molecule has 0 aromatic heterocycles. The van der Waals surface area contributed by atoms with Gasteiger partial charge < -0.3 is 18.9 Å². The van der Waals surface area contributed by atoms with E-state index < -0.39 is 26.5 Å². The zero-order valence-corrected chi connectivity index (χ0v) is 37.2. The number of hydrogen-bond donors (Lipinski definition) is 1. The van der Waals surface area contributed by atoms with Crippen molar-refractivity contribution in [3.8, 4) is 0 Å². The molecular formula is C46H83NO8P+. The number of likely N-dealkylation sites (N-methyl/N-ethyl adjacent to an activating group) is 1. The van der Waals surface area contributed by atoms with Crippen molar-refractivity contribution < 1.29 is 42.1 Å². The van der Waals surface area contributed by atoms with Crippen LogP contribution in [0.1, 0.15) is 168 Å². The summed E-state index contributed by atoms with van der Waals surface area (Å²) in [4.78, 5) is 35.3. The molecule has 0 radical (unpaired) electrons. The zero-order chi connectivity index (χ0) is 41.4. The van der Waals surface area contributed by atoms with Crippen LogP contribution >= 0.6 is 7.82 Å². The van der Waals surface area contributed by atoms with E-state index in [1.807, 2.05) is 21.1 Å². The molecule has 10 heteroatoms. The highest BCUT2D eigenvalue weighted by molar-refractivity contribution is 7.47. The van der Waals surface area contributed by atoms with E-state index in [2.05, 4.69) is 74.6 Å². The number of nitrogens with zero attached hydrogens (tertiary/aromatic N) is 1. The van der Waals surface area contributed by atoms with Gasteiger partial charge in [0.1, 0.15) is 19.8 Å². The maximum absolute atomic E-state index is 12.7. The third kappa shape index (κ3) is 41.3. The predicted octanol–water partition coefficient (Wildman–Crippen LogP) is 12.5. The Morgan fingerprint density at radius 2 is 1.02 bits per heavy atom. The maximum Gasteiger partial charge on any atom is 0.472 e. The van der Waals surface area contributed by atoms with E-state index in [1.54, 1.807) is 0 Å². The molecule has 0 saturated heterocycles. The fraction of sp³-hybridized carbons (Fsp3) is 0.739. The van der Waals surface area contributed by atoms with Gasteiger partial charge in [-0.05, 0) is 57.8 Å². The van der Waals surface area contributed by atoms with Crippen molar-refractivity contribution in [3.63, 3.8) is 0 Å². The standard InChI is InChI=1S/C46H82NO8P/c1-6-8-10-12-14-16-18-20-21-22-23-24-25-27-29-31-33-35-37-39-46(49)55-44(43-54-56(50,51)53-41-40-47(3,4)5)42-52-45(48)38-36-34-32-30-28-26-19-17-15-13-11-9-7-2/h8,10,14,16,20-21,23-24,27,29,44H,6-7,9,11-13,15,17-19,22,25-26,28,30-43H2,1-5H3/p+1/b10-8+,16-14+,21-20+,24-23+,29-27+/t44-/m1/s1. The van der Waals surface area contributed by atoms with Crippen LogP contribution in [0.2, 0.25) is 0 Å². The van der Waals surface area contributed by atoms with Crippen molar-refractivity contribution in [1.29, 1.82) is 0 Å². The number of ether oxygens (including phenoxy) is 2. The highest BCUT2D eigenvalue weighted by Crippen LogP contribution is 2.43. The quantitative estimate of drug-likeness (QED) is 0.0215. The normalized spacial score (nSPS) is 14.2. The van der Waals surface area contributed by atoms with Crippen molar-refractivity contribution in [2.24, 2.45) is 0 Å². The predicted molar refractivity (Wildman–Crippen MR) is 233 cm³/mol. The Hall–Kier alpha value is -2.29. The number of carbonyl (C=O) groups excluding carboxylic acids is 2. The molecule has 0 aromatic carbocycles. The third-order valence-electron chi connectivity index (χ3n) is 9.06. The van der Waals surface area contributed by atoms with Gasteiger partial charge in [-0.15, -0.1) is 0 Å². The molecule has 1 N–H and O–H groups in total. The van der Waals surface area contributed by atoms with Crippen molar-refractivity contribution in [2.75, 3.05) is 47.5 Å². The Kier molecular flexibility index (Phi) is 36.7. The molecule has 0 aliphatic heterocycles. The number of carbonyl (C=O) groups is 2. The topological polar surface area (TPSA) is 108 Å². The lowest BCUT2D eigenvalue weighted by atomic mass is 10.0. The molecule has 0 saturated carbocycles. The molecule has 9 nitrogen and oxygen atoms in total.